The molecule has 1 N–H and O–H groups in total. The highest BCUT2D eigenvalue weighted by molar-refractivity contribution is 5.93. The first-order valence-corrected chi connectivity index (χ1v) is 9.44. The summed E-state index contributed by atoms with van der Waals surface area (Å²) < 4.78 is 7.39. The minimum atomic E-state index is -0.150. The van der Waals surface area contributed by atoms with Crippen LogP contribution in [0.2, 0.25) is 0 Å². The Morgan fingerprint density at radius 1 is 1.31 bits per heavy atom. The van der Waals surface area contributed by atoms with Gasteiger partial charge in [0.2, 0.25) is 0 Å². The molecule has 0 aromatic carbocycles. The fourth-order valence-corrected chi connectivity index (χ4v) is 3.68. The van der Waals surface area contributed by atoms with E-state index in [1.54, 1.807) is 0 Å². The monoisotopic (exact) mass is 358 g/mol. The fraction of sp³-hybridized carbons (Fsp3) is 0.650. The van der Waals surface area contributed by atoms with E-state index >= 15 is 0 Å². The van der Waals surface area contributed by atoms with Gasteiger partial charge in [-0.05, 0) is 50.5 Å². The highest BCUT2D eigenvalue weighted by Gasteiger charge is 2.34. The van der Waals surface area contributed by atoms with Gasteiger partial charge >= 0.3 is 0 Å². The van der Waals surface area contributed by atoms with Crippen molar-refractivity contribution in [3.63, 3.8) is 0 Å². The van der Waals surface area contributed by atoms with Gasteiger partial charge in [-0.15, -0.1) is 0 Å². The number of aryl methyl sites for hydroxylation is 2. The number of hydrogen-bond acceptors (Lipinski definition) is 4. The molecule has 1 aliphatic carbocycles. The molecule has 0 unspecified atom stereocenters. The van der Waals surface area contributed by atoms with Crippen LogP contribution in [-0.4, -0.2) is 27.4 Å². The van der Waals surface area contributed by atoms with E-state index in [-0.39, 0.29) is 11.3 Å². The van der Waals surface area contributed by atoms with Crippen molar-refractivity contribution in [2.75, 3.05) is 6.54 Å². The summed E-state index contributed by atoms with van der Waals surface area (Å²) in [6, 6.07) is 0. The van der Waals surface area contributed by atoms with E-state index in [0.29, 0.717) is 24.7 Å². The fourth-order valence-electron chi connectivity index (χ4n) is 3.68. The summed E-state index contributed by atoms with van der Waals surface area (Å²) in [7, 11) is 0. The van der Waals surface area contributed by atoms with Crippen LogP contribution in [0, 0.1) is 32.1 Å². The molecule has 2 aromatic heterocycles. The Hall–Kier alpha value is -2.11. The number of rotatable bonds is 4. The first kappa shape index (κ1) is 18.7. The third-order valence-electron chi connectivity index (χ3n) is 5.83. The number of carbonyl (C=O) groups excluding carboxylic acids is 1. The maximum atomic E-state index is 12.6. The maximum absolute atomic E-state index is 12.6. The summed E-state index contributed by atoms with van der Waals surface area (Å²) in [5.74, 6) is 1.27. The van der Waals surface area contributed by atoms with Crippen LogP contribution >= 0.6 is 0 Å². The molecule has 26 heavy (non-hydrogen) atoms. The topological polar surface area (TPSA) is 73.0 Å². The van der Waals surface area contributed by atoms with Crippen molar-refractivity contribution in [1.82, 2.24) is 20.3 Å². The molecule has 1 amide bonds. The summed E-state index contributed by atoms with van der Waals surface area (Å²) in [6.07, 6.45) is 2.81. The Bertz CT molecular complexity index is 811. The van der Waals surface area contributed by atoms with Gasteiger partial charge in [-0.1, -0.05) is 25.9 Å². The van der Waals surface area contributed by atoms with E-state index in [2.05, 4.69) is 50.2 Å². The lowest BCUT2D eigenvalue weighted by Gasteiger charge is -2.33. The quantitative estimate of drug-likeness (QED) is 0.909. The van der Waals surface area contributed by atoms with Crippen molar-refractivity contribution in [2.45, 2.75) is 67.3 Å². The molecule has 1 atom stereocenters. The minimum absolute atomic E-state index is 0.150. The van der Waals surface area contributed by atoms with E-state index in [9.17, 15) is 4.79 Å². The molecule has 142 valence electrons. The average Bonchev–Trinajstić information content (AvgIpc) is 3.10. The van der Waals surface area contributed by atoms with Gasteiger partial charge in [-0.2, -0.15) is 5.10 Å². The van der Waals surface area contributed by atoms with Crippen molar-refractivity contribution in [3.05, 3.63) is 34.0 Å². The molecule has 6 heteroatoms. The number of carbonyl (C=O) groups is 1. The molecule has 0 saturated heterocycles. The standard InChI is InChI=1S/C20H30N4O2/c1-12-13(2)22-24(14(12)3)10-9-21-19(25)18-16-11-15(20(4,5)6)7-8-17(16)26-23-18/h15H,7-11H2,1-6H3,(H,21,25)/t15-/m1/s1. The van der Waals surface area contributed by atoms with Gasteiger partial charge in [0.25, 0.3) is 5.91 Å². The molecule has 0 saturated carbocycles. The lowest BCUT2D eigenvalue weighted by atomic mass is 9.71. The van der Waals surface area contributed by atoms with Crippen LogP contribution < -0.4 is 5.32 Å². The largest absolute Gasteiger partial charge is 0.360 e. The van der Waals surface area contributed by atoms with E-state index in [1.807, 2.05) is 11.6 Å². The number of fused-ring (bicyclic) bond motifs is 1. The van der Waals surface area contributed by atoms with Crippen LogP contribution in [0.4, 0.5) is 0 Å². The number of amides is 1. The molecule has 0 bridgehead atoms. The van der Waals surface area contributed by atoms with E-state index in [4.69, 9.17) is 4.52 Å². The highest BCUT2D eigenvalue weighted by Crippen LogP contribution is 2.38. The molecule has 2 aromatic rings. The maximum Gasteiger partial charge on any atom is 0.273 e. The zero-order valence-corrected chi connectivity index (χ0v) is 16.8. The van der Waals surface area contributed by atoms with Crippen LogP contribution in [0.25, 0.3) is 0 Å². The van der Waals surface area contributed by atoms with Gasteiger partial charge in [0.1, 0.15) is 5.76 Å². The van der Waals surface area contributed by atoms with E-state index < -0.39 is 0 Å². The second-order valence-electron chi connectivity index (χ2n) is 8.51. The second-order valence-corrected chi connectivity index (χ2v) is 8.51. The SMILES string of the molecule is Cc1nn(CCNC(=O)c2noc3c2C[C@H](C(C)(C)C)CC3)c(C)c1C. The van der Waals surface area contributed by atoms with Gasteiger partial charge < -0.3 is 9.84 Å². The summed E-state index contributed by atoms with van der Waals surface area (Å²) in [4.78, 5) is 12.6. The molecule has 0 fully saturated rings. The van der Waals surface area contributed by atoms with Gasteiger partial charge in [-0.3, -0.25) is 9.48 Å². The van der Waals surface area contributed by atoms with Crippen molar-refractivity contribution < 1.29 is 9.32 Å². The minimum Gasteiger partial charge on any atom is -0.360 e. The summed E-state index contributed by atoms with van der Waals surface area (Å²) >= 11 is 0. The van der Waals surface area contributed by atoms with Crippen molar-refractivity contribution in [3.8, 4) is 0 Å². The first-order valence-electron chi connectivity index (χ1n) is 9.44. The molecule has 1 aliphatic rings. The molecular formula is C20H30N4O2. The van der Waals surface area contributed by atoms with Gasteiger partial charge in [0.15, 0.2) is 5.69 Å². The van der Waals surface area contributed by atoms with E-state index in [1.165, 1.54) is 5.56 Å². The predicted molar refractivity (Wildman–Crippen MR) is 100 cm³/mol. The Kier molecular flexibility index (Phi) is 4.95. The Morgan fingerprint density at radius 3 is 2.65 bits per heavy atom. The van der Waals surface area contributed by atoms with Gasteiger partial charge in [0, 0.05) is 24.2 Å². The third kappa shape index (κ3) is 3.55. The van der Waals surface area contributed by atoms with Crippen LogP contribution in [0.15, 0.2) is 4.52 Å². The molecular weight excluding hydrogens is 328 g/mol. The van der Waals surface area contributed by atoms with Crippen LogP contribution in [0.3, 0.4) is 0 Å². The first-order chi connectivity index (χ1) is 12.2. The molecule has 6 nitrogen and oxygen atoms in total. The second kappa shape index (κ2) is 6.89. The lowest BCUT2D eigenvalue weighted by molar-refractivity contribution is 0.0941. The zero-order valence-electron chi connectivity index (χ0n) is 16.8. The smallest absolute Gasteiger partial charge is 0.273 e. The molecule has 3 rings (SSSR count). The van der Waals surface area contributed by atoms with Crippen molar-refractivity contribution in [2.24, 2.45) is 11.3 Å². The van der Waals surface area contributed by atoms with Crippen LogP contribution in [-0.2, 0) is 19.4 Å². The zero-order chi connectivity index (χ0) is 19.1. The number of nitrogens with one attached hydrogen (secondary N) is 1. The van der Waals surface area contributed by atoms with Crippen LogP contribution in [0.1, 0.15) is 66.0 Å². The predicted octanol–water partition coefficient (Wildman–Crippen LogP) is 3.38. The number of hydrogen-bond donors (Lipinski definition) is 1. The Morgan fingerprint density at radius 2 is 2.04 bits per heavy atom. The van der Waals surface area contributed by atoms with Crippen molar-refractivity contribution in [1.29, 1.82) is 0 Å². The number of nitrogens with zero attached hydrogens (tertiary/aromatic N) is 3. The molecule has 2 heterocycles. The molecule has 0 spiro atoms. The molecule has 0 aliphatic heterocycles. The number of aromatic nitrogens is 3. The van der Waals surface area contributed by atoms with Crippen LogP contribution in [0.5, 0.6) is 0 Å². The Balaban J connectivity index is 1.64. The van der Waals surface area contributed by atoms with Gasteiger partial charge in [-0.25, -0.2) is 0 Å². The summed E-state index contributed by atoms with van der Waals surface area (Å²) in [5, 5.41) is 11.5. The normalized spacial score (nSPS) is 17.2. The average molecular weight is 358 g/mol. The molecule has 0 radical (unpaired) electrons. The Labute approximate surface area is 155 Å². The van der Waals surface area contributed by atoms with Crippen molar-refractivity contribution >= 4 is 5.91 Å². The highest BCUT2D eigenvalue weighted by atomic mass is 16.5. The summed E-state index contributed by atoms with van der Waals surface area (Å²) in [6.45, 7) is 14.1. The lowest BCUT2D eigenvalue weighted by Crippen LogP contribution is -2.31. The third-order valence-corrected chi connectivity index (χ3v) is 5.83. The van der Waals surface area contributed by atoms with Gasteiger partial charge in [0.05, 0.1) is 12.2 Å². The summed E-state index contributed by atoms with van der Waals surface area (Å²) in [5.41, 5.74) is 5.05. The van der Waals surface area contributed by atoms with E-state index in [0.717, 1.165) is 42.0 Å².